The molecule has 222 valence electrons. The van der Waals surface area contributed by atoms with Crippen LogP contribution in [0.4, 0.5) is 0 Å². The molecule has 2 aromatic carbocycles. The third kappa shape index (κ3) is 5.78. The highest BCUT2D eigenvalue weighted by Gasteiger charge is 2.41. The summed E-state index contributed by atoms with van der Waals surface area (Å²) in [5.41, 5.74) is 2.59. The van der Waals surface area contributed by atoms with Crippen LogP contribution in [0.25, 0.3) is 22.0 Å². The Balaban J connectivity index is 1.14. The molecule has 0 radical (unpaired) electrons. The highest BCUT2D eigenvalue weighted by molar-refractivity contribution is 7.14. The molecule has 4 heterocycles. The molecule has 2 saturated heterocycles. The van der Waals surface area contributed by atoms with Crippen LogP contribution in [0, 0.1) is 5.92 Å². The number of carbonyl (C=O) groups excluding carboxylic acids is 2. The summed E-state index contributed by atoms with van der Waals surface area (Å²) in [5.74, 6) is 3.03. The van der Waals surface area contributed by atoms with Crippen molar-refractivity contribution in [3.63, 3.8) is 0 Å². The average molecular weight is 599 g/mol. The average Bonchev–Trinajstić information content (AvgIpc) is 3.34. The van der Waals surface area contributed by atoms with Crippen LogP contribution in [0.5, 0.6) is 11.5 Å². The number of carbonyl (C=O) groups is 2. The molecule has 1 saturated carbocycles. The molecule has 3 aliphatic rings. The van der Waals surface area contributed by atoms with Crippen LogP contribution in [0.1, 0.15) is 74.8 Å². The van der Waals surface area contributed by atoms with E-state index in [4.69, 9.17) is 9.15 Å². The van der Waals surface area contributed by atoms with Crippen molar-refractivity contribution >= 4 is 23.2 Å². The molecule has 7 rings (SSSR count). The van der Waals surface area contributed by atoms with E-state index in [0.717, 1.165) is 40.5 Å². The molecule has 2 atom stereocenters. The molecule has 2 amide bonds. The largest absolute Gasteiger partial charge is 0.457 e. The number of rotatable bonds is 9. The molecule has 0 spiro atoms. The molecular formula is C32H34N6O4S. The summed E-state index contributed by atoms with van der Waals surface area (Å²) in [4.78, 5) is 28.9. The molecule has 11 heteroatoms. The van der Waals surface area contributed by atoms with Gasteiger partial charge in [0.15, 0.2) is 0 Å². The van der Waals surface area contributed by atoms with Gasteiger partial charge in [-0.25, -0.2) is 0 Å². The molecule has 0 N–H and O–H groups in total. The van der Waals surface area contributed by atoms with Crippen molar-refractivity contribution in [2.45, 2.75) is 70.9 Å². The Labute approximate surface area is 254 Å². The van der Waals surface area contributed by atoms with Gasteiger partial charge in [0.05, 0.1) is 5.92 Å². The molecule has 43 heavy (non-hydrogen) atoms. The van der Waals surface area contributed by atoms with Crippen LogP contribution in [0.2, 0.25) is 0 Å². The summed E-state index contributed by atoms with van der Waals surface area (Å²) >= 11 is 1.59. The lowest BCUT2D eigenvalue weighted by atomic mass is 10.1. The molecule has 1 aliphatic carbocycles. The first-order chi connectivity index (χ1) is 20.8. The highest BCUT2D eigenvalue weighted by Crippen LogP contribution is 2.38. The van der Waals surface area contributed by atoms with Crippen molar-refractivity contribution in [2.24, 2.45) is 5.92 Å². The van der Waals surface area contributed by atoms with Crippen molar-refractivity contribution in [3.05, 3.63) is 58.9 Å². The van der Waals surface area contributed by atoms with Gasteiger partial charge in [-0.05, 0) is 55.2 Å². The molecule has 0 bridgehead atoms. The molecule has 2 unspecified atom stereocenters. The van der Waals surface area contributed by atoms with Gasteiger partial charge in [0.1, 0.15) is 21.5 Å². The zero-order valence-corrected chi connectivity index (χ0v) is 25.3. The second-order valence-corrected chi connectivity index (χ2v) is 13.3. The number of benzene rings is 2. The maximum Gasteiger partial charge on any atom is 0.247 e. The lowest BCUT2D eigenvalue weighted by Crippen LogP contribution is -2.27. The van der Waals surface area contributed by atoms with Gasteiger partial charge in [-0.15, -0.1) is 20.4 Å². The summed E-state index contributed by atoms with van der Waals surface area (Å²) in [6.07, 6.45) is 3.12. The van der Waals surface area contributed by atoms with Gasteiger partial charge in [-0.3, -0.25) is 9.59 Å². The van der Waals surface area contributed by atoms with Crippen molar-refractivity contribution in [3.8, 4) is 33.5 Å². The van der Waals surface area contributed by atoms with E-state index in [1.54, 1.807) is 11.3 Å². The van der Waals surface area contributed by atoms with Gasteiger partial charge < -0.3 is 19.0 Å². The Hall–Kier alpha value is -4.12. The van der Waals surface area contributed by atoms with E-state index >= 15 is 0 Å². The van der Waals surface area contributed by atoms with Crippen LogP contribution in [0.15, 0.2) is 46.9 Å². The fourth-order valence-electron chi connectivity index (χ4n) is 5.77. The van der Waals surface area contributed by atoms with Gasteiger partial charge in [0.2, 0.25) is 23.6 Å². The standard InChI is InChI=1S/C32H34N6O4S/c1-18(2)31-35-36-32(43-31)20-6-10-25(11-7-20)41-26-13-21(4-5-22(26)16-37-15-19(3)12-27(37)39)29-33-34-30(42-29)23-14-28(40)38(17-23)24-8-9-24/h4-7,10-11,13,18-19,23-24H,8-9,12,14-17H2,1-3H3. The maximum atomic E-state index is 12.6. The first kappa shape index (κ1) is 27.7. The summed E-state index contributed by atoms with van der Waals surface area (Å²) in [6.45, 7) is 8.12. The highest BCUT2D eigenvalue weighted by atomic mass is 32.1. The maximum absolute atomic E-state index is 12.6. The predicted octanol–water partition coefficient (Wildman–Crippen LogP) is 6.02. The van der Waals surface area contributed by atoms with E-state index in [9.17, 15) is 9.59 Å². The Morgan fingerprint density at radius 3 is 2.44 bits per heavy atom. The van der Waals surface area contributed by atoms with Crippen LogP contribution in [-0.4, -0.2) is 61.1 Å². The summed E-state index contributed by atoms with van der Waals surface area (Å²) in [7, 11) is 0. The minimum absolute atomic E-state index is 0.0873. The Morgan fingerprint density at radius 1 is 0.953 bits per heavy atom. The fraction of sp³-hybridized carbons (Fsp3) is 0.438. The van der Waals surface area contributed by atoms with Crippen LogP contribution >= 0.6 is 11.3 Å². The predicted molar refractivity (Wildman–Crippen MR) is 161 cm³/mol. The summed E-state index contributed by atoms with van der Waals surface area (Å²) in [5, 5.41) is 19.2. The molecule has 2 aliphatic heterocycles. The number of aromatic nitrogens is 4. The van der Waals surface area contributed by atoms with Crippen LogP contribution in [-0.2, 0) is 16.1 Å². The minimum atomic E-state index is -0.0873. The molecule has 2 aromatic heterocycles. The molecule has 4 aromatic rings. The first-order valence-corrected chi connectivity index (χ1v) is 15.8. The van der Waals surface area contributed by atoms with Crippen LogP contribution < -0.4 is 4.74 Å². The van der Waals surface area contributed by atoms with Crippen LogP contribution in [0.3, 0.4) is 0 Å². The third-order valence-electron chi connectivity index (χ3n) is 8.28. The van der Waals surface area contributed by atoms with E-state index in [1.165, 1.54) is 0 Å². The zero-order valence-electron chi connectivity index (χ0n) is 24.5. The van der Waals surface area contributed by atoms with E-state index in [2.05, 4.69) is 41.2 Å². The van der Waals surface area contributed by atoms with Crippen molar-refractivity contribution in [1.29, 1.82) is 0 Å². The number of nitrogens with zero attached hydrogens (tertiary/aromatic N) is 6. The summed E-state index contributed by atoms with van der Waals surface area (Å²) in [6, 6.07) is 13.9. The third-order valence-corrected chi connectivity index (χ3v) is 9.56. The number of hydrogen-bond donors (Lipinski definition) is 0. The molecule has 3 fully saturated rings. The number of likely N-dealkylation sites (tertiary alicyclic amines) is 2. The first-order valence-electron chi connectivity index (χ1n) is 15.0. The lowest BCUT2D eigenvalue weighted by molar-refractivity contribution is -0.129. The van der Waals surface area contributed by atoms with E-state index in [1.807, 2.05) is 52.3 Å². The Bertz CT molecular complexity index is 1660. The van der Waals surface area contributed by atoms with E-state index in [0.29, 0.717) is 72.7 Å². The van der Waals surface area contributed by atoms with Gasteiger partial charge in [0.25, 0.3) is 0 Å². The van der Waals surface area contributed by atoms with Gasteiger partial charge in [-0.2, -0.15) is 0 Å². The van der Waals surface area contributed by atoms with E-state index in [-0.39, 0.29) is 17.7 Å². The molecular weight excluding hydrogens is 564 g/mol. The second kappa shape index (κ2) is 11.2. The quantitative estimate of drug-likeness (QED) is 0.230. The van der Waals surface area contributed by atoms with Gasteiger partial charge in [-0.1, -0.05) is 38.2 Å². The zero-order chi connectivity index (χ0) is 29.7. The summed E-state index contributed by atoms with van der Waals surface area (Å²) < 4.78 is 12.5. The SMILES string of the molecule is CC1CC(=O)N(Cc2ccc(-c3nnc(C4CC(=O)N(C5CC5)C4)o3)cc2Oc2ccc(-c3nnc(C(C)C)s3)cc2)C1. The van der Waals surface area contributed by atoms with E-state index < -0.39 is 0 Å². The number of amides is 2. The number of hydrogen-bond acceptors (Lipinski definition) is 9. The van der Waals surface area contributed by atoms with Gasteiger partial charge in [0, 0.05) is 61.1 Å². The second-order valence-electron chi connectivity index (χ2n) is 12.3. The van der Waals surface area contributed by atoms with Crippen molar-refractivity contribution in [1.82, 2.24) is 30.2 Å². The normalized spacial score (nSPS) is 20.6. The van der Waals surface area contributed by atoms with Crippen molar-refractivity contribution < 1.29 is 18.7 Å². The smallest absolute Gasteiger partial charge is 0.247 e. The Kier molecular flexibility index (Phi) is 7.20. The molecule has 10 nitrogen and oxygen atoms in total. The minimum Gasteiger partial charge on any atom is -0.457 e. The number of ether oxygens (including phenoxy) is 1. The monoisotopic (exact) mass is 598 g/mol. The topological polar surface area (TPSA) is 115 Å². The fourth-order valence-corrected chi connectivity index (χ4v) is 6.62. The van der Waals surface area contributed by atoms with Gasteiger partial charge >= 0.3 is 0 Å². The Morgan fingerprint density at radius 2 is 1.74 bits per heavy atom. The van der Waals surface area contributed by atoms with Crippen molar-refractivity contribution in [2.75, 3.05) is 13.1 Å². The lowest BCUT2D eigenvalue weighted by Gasteiger charge is -2.19.